The first-order valence-corrected chi connectivity index (χ1v) is 10.4. The number of halogens is 1. The Morgan fingerprint density at radius 3 is 2.39 bits per heavy atom. The summed E-state index contributed by atoms with van der Waals surface area (Å²) < 4.78 is 10.8. The molecule has 4 aromatic carbocycles. The van der Waals surface area contributed by atoms with Gasteiger partial charge >= 0.3 is 5.97 Å². The van der Waals surface area contributed by atoms with Crippen LogP contribution in [0, 0.1) is 0 Å². The zero-order valence-corrected chi connectivity index (χ0v) is 18.4. The van der Waals surface area contributed by atoms with Crippen LogP contribution in [-0.4, -0.2) is 25.2 Å². The topological polar surface area (TPSA) is 77.0 Å². The van der Waals surface area contributed by atoms with Gasteiger partial charge in [-0.2, -0.15) is 5.10 Å². The van der Waals surface area contributed by atoms with Crippen molar-refractivity contribution in [1.29, 1.82) is 0 Å². The van der Waals surface area contributed by atoms with Crippen LogP contribution in [0.1, 0.15) is 26.3 Å². The number of benzene rings is 4. The third-order valence-electron chi connectivity index (χ3n) is 4.94. The third kappa shape index (κ3) is 5.02. The number of amides is 1. The van der Waals surface area contributed by atoms with Crippen molar-refractivity contribution < 1.29 is 19.1 Å². The maximum absolute atomic E-state index is 12.7. The second-order valence-corrected chi connectivity index (χ2v) is 7.40. The van der Waals surface area contributed by atoms with E-state index in [1.54, 1.807) is 61.7 Å². The molecule has 164 valence electrons. The largest absolute Gasteiger partial charge is 0.497 e. The summed E-state index contributed by atoms with van der Waals surface area (Å²) >= 11 is 6.07. The van der Waals surface area contributed by atoms with Crippen LogP contribution in [0.5, 0.6) is 11.5 Å². The summed E-state index contributed by atoms with van der Waals surface area (Å²) in [6.07, 6.45) is 1.45. The molecule has 1 amide bonds. The Balaban J connectivity index is 1.62. The Hall–Kier alpha value is -4.16. The van der Waals surface area contributed by atoms with E-state index in [-0.39, 0.29) is 0 Å². The maximum atomic E-state index is 12.7. The molecule has 4 rings (SSSR count). The molecular weight excluding hydrogens is 440 g/mol. The highest BCUT2D eigenvalue weighted by molar-refractivity contribution is 6.33. The number of carbonyl (C=O) groups excluding carboxylic acids is 2. The third-order valence-corrected chi connectivity index (χ3v) is 5.27. The number of methoxy groups -OCH3 is 1. The van der Waals surface area contributed by atoms with Crippen molar-refractivity contribution in [3.8, 4) is 11.5 Å². The fourth-order valence-electron chi connectivity index (χ4n) is 3.24. The Morgan fingerprint density at radius 1 is 0.909 bits per heavy atom. The van der Waals surface area contributed by atoms with Crippen molar-refractivity contribution in [2.24, 2.45) is 5.10 Å². The van der Waals surface area contributed by atoms with Gasteiger partial charge in [0.05, 0.1) is 29.5 Å². The van der Waals surface area contributed by atoms with Gasteiger partial charge in [0.15, 0.2) is 0 Å². The number of fused-ring (bicyclic) bond motifs is 1. The molecule has 0 spiro atoms. The number of carbonyl (C=O) groups is 2. The SMILES string of the molecule is COc1ccc(C(=O)Oc2ccc3ccccc3c2/C=N\NC(=O)c2ccccc2Cl)cc1. The van der Waals surface area contributed by atoms with Crippen LogP contribution < -0.4 is 14.9 Å². The second kappa shape index (κ2) is 9.97. The molecule has 0 fully saturated rings. The van der Waals surface area contributed by atoms with Crippen molar-refractivity contribution >= 4 is 40.5 Å². The highest BCUT2D eigenvalue weighted by Gasteiger charge is 2.14. The van der Waals surface area contributed by atoms with E-state index in [4.69, 9.17) is 21.1 Å². The molecule has 6 nitrogen and oxygen atoms in total. The quantitative estimate of drug-likeness (QED) is 0.179. The van der Waals surface area contributed by atoms with Gasteiger partial charge in [-0.25, -0.2) is 10.2 Å². The lowest BCUT2D eigenvalue weighted by molar-refractivity contribution is 0.0734. The molecule has 0 aromatic heterocycles. The highest BCUT2D eigenvalue weighted by atomic mass is 35.5. The van der Waals surface area contributed by atoms with E-state index < -0.39 is 11.9 Å². The van der Waals surface area contributed by atoms with Gasteiger partial charge in [0.2, 0.25) is 0 Å². The molecule has 0 bridgehead atoms. The number of nitrogens with zero attached hydrogens (tertiary/aromatic N) is 1. The Labute approximate surface area is 195 Å². The van der Waals surface area contributed by atoms with Crippen LogP contribution in [0.25, 0.3) is 10.8 Å². The molecule has 0 aliphatic carbocycles. The minimum Gasteiger partial charge on any atom is -0.497 e. The van der Waals surface area contributed by atoms with Gasteiger partial charge in [0.25, 0.3) is 5.91 Å². The molecule has 0 unspecified atom stereocenters. The summed E-state index contributed by atoms with van der Waals surface area (Å²) in [7, 11) is 1.55. The molecule has 4 aromatic rings. The van der Waals surface area contributed by atoms with Gasteiger partial charge in [-0.15, -0.1) is 0 Å². The minimum atomic E-state index is -0.525. The second-order valence-electron chi connectivity index (χ2n) is 7.00. The summed E-state index contributed by atoms with van der Waals surface area (Å²) in [6.45, 7) is 0. The van der Waals surface area contributed by atoms with E-state index in [1.807, 2.05) is 30.3 Å². The summed E-state index contributed by atoms with van der Waals surface area (Å²) in [5, 5.41) is 6.15. The predicted octanol–water partition coefficient (Wildman–Crippen LogP) is 5.48. The van der Waals surface area contributed by atoms with E-state index in [0.717, 1.165) is 10.8 Å². The van der Waals surface area contributed by atoms with Crippen LogP contribution in [0.2, 0.25) is 5.02 Å². The number of hydrogen-bond donors (Lipinski definition) is 1. The first kappa shape index (κ1) is 22.0. The zero-order chi connectivity index (χ0) is 23.2. The normalized spacial score (nSPS) is 10.8. The number of nitrogens with one attached hydrogen (secondary N) is 1. The maximum Gasteiger partial charge on any atom is 0.343 e. The van der Waals surface area contributed by atoms with E-state index in [0.29, 0.717) is 33.2 Å². The Kier molecular flexibility index (Phi) is 6.66. The fourth-order valence-corrected chi connectivity index (χ4v) is 3.47. The average molecular weight is 459 g/mol. The molecule has 0 atom stereocenters. The van der Waals surface area contributed by atoms with Crippen molar-refractivity contribution in [2.45, 2.75) is 0 Å². The van der Waals surface area contributed by atoms with Crippen LogP contribution in [0.3, 0.4) is 0 Å². The monoisotopic (exact) mass is 458 g/mol. The van der Waals surface area contributed by atoms with Crippen molar-refractivity contribution in [3.05, 3.63) is 107 Å². The van der Waals surface area contributed by atoms with Crippen LogP contribution in [-0.2, 0) is 0 Å². The smallest absolute Gasteiger partial charge is 0.343 e. The standard InChI is InChI=1S/C26H19ClN2O4/c1-32-19-13-10-18(11-14-19)26(31)33-24-15-12-17-6-2-3-7-20(17)22(24)16-28-29-25(30)21-8-4-5-9-23(21)27/h2-16H,1H3,(H,29,30)/b28-16-. The number of rotatable bonds is 6. The number of hydrogen-bond acceptors (Lipinski definition) is 5. The van der Waals surface area contributed by atoms with E-state index in [9.17, 15) is 9.59 Å². The molecule has 1 N–H and O–H groups in total. The molecule has 0 saturated heterocycles. The van der Waals surface area contributed by atoms with E-state index in [1.165, 1.54) is 6.21 Å². The Bertz CT molecular complexity index is 1350. The lowest BCUT2D eigenvalue weighted by Gasteiger charge is -2.11. The average Bonchev–Trinajstić information content (AvgIpc) is 2.85. The summed E-state index contributed by atoms with van der Waals surface area (Å²) in [4.78, 5) is 25.1. The van der Waals surface area contributed by atoms with E-state index >= 15 is 0 Å². The van der Waals surface area contributed by atoms with Gasteiger partial charge in [-0.1, -0.05) is 54.1 Å². The first-order valence-electron chi connectivity index (χ1n) is 10.0. The number of ether oxygens (including phenoxy) is 2. The molecule has 0 radical (unpaired) electrons. The van der Waals surface area contributed by atoms with E-state index in [2.05, 4.69) is 10.5 Å². The van der Waals surface area contributed by atoms with Crippen molar-refractivity contribution in [1.82, 2.24) is 5.43 Å². The van der Waals surface area contributed by atoms with Gasteiger partial charge in [-0.3, -0.25) is 4.79 Å². The fraction of sp³-hybridized carbons (Fsp3) is 0.0385. The van der Waals surface area contributed by atoms with Crippen LogP contribution in [0.15, 0.2) is 90.0 Å². The zero-order valence-electron chi connectivity index (χ0n) is 17.6. The minimum absolute atomic E-state index is 0.306. The highest BCUT2D eigenvalue weighted by Crippen LogP contribution is 2.27. The van der Waals surface area contributed by atoms with Gasteiger partial charge in [0.1, 0.15) is 11.5 Å². The van der Waals surface area contributed by atoms with Gasteiger partial charge in [0, 0.05) is 5.56 Å². The van der Waals surface area contributed by atoms with Crippen LogP contribution >= 0.6 is 11.6 Å². The summed E-state index contributed by atoms with van der Waals surface area (Å²) in [5.74, 6) is -0.0267. The lowest BCUT2D eigenvalue weighted by Crippen LogP contribution is -2.18. The lowest BCUT2D eigenvalue weighted by atomic mass is 10.0. The first-order chi connectivity index (χ1) is 16.1. The number of hydrazone groups is 1. The molecule has 0 aliphatic rings. The summed E-state index contributed by atoms with van der Waals surface area (Å²) in [6, 6.07) is 24.5. The number of esters is 1. The van der Waals surface area contributed by atoms with Crippen molar-refractivity contribution in [2.75, 3.05) is 7.11 Å². The molecule has 7 heteroatoms. The molecule has 33 heavy (non-hydrogen) atoms. The van der Waals surface area contributed by atoms with Gasteiger partial charge < -0.3 is 9.47 Å². The van der Waals surface area contributed by atoms with Crippen molar-refractivity contribution in [3.63, 3.8) is 0 Å². The summed E-state index contributed by atoms with van der Waals surface area (Å²) in [5.41, 5.74) is 3.70. The van der Waals surface area contributed by atoms with Crippen LogP contribution in [0.4, 0.5) is 0 Å². The Morgan fingerprint density at radius 2 is 1.64 bits per heavy atom. The molecule has 0 heterocycles. The molecule has 0 aliphatic heterocycles. The van der Waals surface area contributed by atoms with Gasteiger partial charge in [-0.05, 0) is 53.2 Å². The molecule has 0 saturated carbocycles. The predicted molar refractivity (Wildman–Crippen MR) is 128 cm³/mol. The molecular formula is C26H19ClN2O4.